The van der Waals surface area contributed by atoms with Crippen molar-refractivity contribution in [3.63, 3.8) is 0 Å². The van der Waals surface area contributed by atoms with Gasteiger partial charge in [0.2, 0.25) is 6.85 Å². The summed E-state index contributed by atoms with van der Waals surface area (Å²) in [5.74, 6) is 0.273. The van der Waals surface area contributed by atoms with Gasteiger partial charge in [-0.2, -0.15) is 0 Å². The molecule has 2 aromatic carbocycles. The lowest BCUT2D eigenvalue weighted by molar-refractivity contribution is 0.00578. The normalized spacial score (nSPS) is 21.5. The second-order valence-electron chi connectivity index (χ2n) is 12.9. The first-order valence-corrected chi connectivity index (χ1v) is 12.9. The van der Waals surface area contributed by atoms with Crippen LogP contribution in [0.2, 0.25) is 0 Å². The summed E-state index contributed by atoms with van der Waals surface area (Å²) in [6, 6.07) is 9.44. The Balaban J connectivity index is 1.92. The lowest BCUT2D eigenvalue weighted by atomic mass is 9.55. The van der Waals surface area contributed by atoms with Gasteiger partial charge in [0.1, 0.15) is 0 Å². The van der Waals surface area contributed by atoms with Gasteiger partial charge in [-0.15, -0.1) is 0 Å². The highest BCUT2D eigenvalue weighted by molar-refractivity contribution is 6.70. The highest BCUT2D eigenvalue weighted by Crippen LogP contribution is 2.47. The Labute approximate surface area is 208 Å². The number of benzene rings is 2. The van der Waals surface area contributed by atoms with Crippen molar-refractivity contribution in [3.05, 3.63) is 68.8 Å². The van der Waals surface area contributed by atoms with Gasteiger partial charge in [-0.25, -0.2) is 0 Å². The SMILES string of the molecule is Cc1cc(C)c([13CH]2B(N(B3OC(C)(C)C(C)(C)O3)C(C)(C)C)Cc3cc(C)cc(C)c32)c(C)c1. The first kappa shape index (κ1) is 25.5. The molecule has 1 saturated heterocycles. The van der Waals surface area contributed by atoms with Crippen LogP contribution in [0.4, 0.5) is 0 Å². The maximum Gasteiger partial charge on any atom is 0.547 e. The van der Waals surface area contributed by atoms with Gasteiger partial charge in [-0.3, -0.25) is 0 Å². The van der Waals surface area contributed by atoms with Crippen LogP contribution in [0.3, 0.4) is 0 Å². The Morgan fingerprint density at radius 1 is 0.765 bits per heavy atom. The summed E-state index contributed by atoms with van der Waals surface area (Å²) in [5, 5.41) is 0. The largest absolute Gasteiger partial charge is 0.547 e. The average Bonchev–Trinajstić information content (AvgIpc) is 3.07. The van der Waals surface area contributed by atoms with Crippen LogP contribution in [0.15, 0.2) is 24.3 Å². The third kappa shape index (κ3) is 4.18. The number of fused-ring (bicyclic) bond motifs is 1. The Morgan fingerprint density at radius 2 is 1.21 bits per heavy atom. The topological polar surface area (TPSA) is 21.7 Å². The molecule has 34 heavy (non-hydrogen) atoms. The monoisotopic (exact) mass is 460 g/mol. The van der Waals surface area contributed by atoms with Crippen molar-refractivity contribution in [2.45, 2.75) is 112 Å². The van der Waals surface area contributed by atoms with E-state index in [0.29, 0.717) is 0 Å². The summed E-state index contributed by atoms with van der Waals surface area (Å²) in [4.78, 5) is 0. The average molecular weight is 460 g/mol. The molecule has 5 heteroatoms. The molecular formula is C29H43B2NO2. The van der Waals surface area contributed by atoms with Gasteiger partial charge >= 0.3 is 7.25 Å². The van der Waals surface area contributed by atoms with E-state index in [4.69, 9.17) is 9.31 Å². The van der Waals surface area contributed by atoms with E-state index in [0.717, 1.165) is 6.32 Å². The quantitative estimate of drug-likeness (QED) is 0.377. The Hall–Kier alpha value is -1.55. The summed E-state index contributed by atoms with van der Waals surface area (Å²) in [5.41, 5.74) is 10.4. The lowest BCUT2D eigenvalue weighted by Gasteiger charge is -2.43. The molecule has 2 heterocycles. The smallest absolute Gasteiger partial charge is 0.390 e. The number of nitrogens with zero attached hydrogens (tertiary/aromatic N) is 1. The van der Waals surface area contributed by atoms with Crippen LogP contribution in [-0.2, 0) is 15.6 Å². The summed E-state index contributed by atoms with van der Waals surface area (Å²) in [6.07, 6.45) is 0.997. The Kier molecular flexibility index (Phi) is 6.20. The van der Waals surface area contributed by atoms with E-state index in [1.807, 2.05) is 0 Å². The van der Waals surface area contributed by atoms with Crippen molar-refractivity contribution >= 4 is 14.1 Å². The third-order valence-electron chi connectivity index (χ3n) is 8.39. The van der Waals surface area contributed by atoms with E-state index in [1.165, 1.54) is 44.5 Å². The van der Waals surface area contributed by atoms with E-state index in [9.17, 15) is 0 Å². The standard InChI is InChI=1S/C29H43B2NO2/c1-18-13-20(3)24(21(4)14-18)26-25-22(5)15-19(2)16-23(25)17-30(26)32(27(6,7)8)31-33-28(9,10)29(11,12)34-31/h13-16,26H,17H2,1-12H3/i26+1. The van der Waals surface area contributed by atoms with Crippen molar-refractivity contribution in [1.82, 2.24) is 4.72 Å². The van der Waals surface area contributed by atoms with Crippen molar-refractivity contribution in [3.8, 4) is 0 Å². The van der Waals surface area contributed by atoms with Gasteiger partial charge in [0.05, 0.1) is 11.2 Å². The second-order valence-corrected chi connectivity index (χ2v) is 12.9. The Bertz CT molecular complexity index is 1080. The number of rotatable bonds is 3. The molecule has 182 valence electrons. The van der Waals surface area contributed by atoms with Crippen LogP contribution in [0, 0.1) is 34.6 Å². The zero-order valence-electron chi connectivity index (χ0n) is 23.5. The molecule has 0 aliphatic carbocycles. The molecule has 1 fully saturated rings. The van der Waals surface area contributed by atoms with E-state index < -0.39 is 0 Å². The molecule has 1 unspecified atom stereocenters. The molecule has 0 bridgehead atoms. The van der Waals surface area contributed by atoms with E-state index in [1.54, 1.807) is 0 Å². The molecule has 0 spiro atoms. The number of hydrogen-bond acceptors (Lipinski definition) is 3. The third-order valence-corrected chi connectivity index (χ3v) is 8.39. The van der Waals surface area contributed by atoms with Gasteiger partial charge in [0.15, 0.2) is 0 Å². The molecule has 1 atom stereocenters. The zero-order chi connectivity index (χ0) is 25.4. The molecule has 2 aliphatic rings. The van der Waals surface area contributed by atoms with Crippen LogP contribution in [-0.4, -0.2) is 35.6 Å². The first-order valence-electron chi connectivity index (χ1n) is 12.9. The zero-order valence-corrected chi connectivity index (χ0v) is 23.5. The molecule has 0 radical (unpaired) electrons. The van der Waals surface area contributed by atoms with Gasteiger partial charge in [0.25, 0.3) is 0 Å². The number of hydrogen-bond donors (Lipinski definition) is 0. The molecule has 2 aliphatic heterocycles. The lowest BCUT2D eigenvalue weighted by Crippen LogP contribution is -2.61. The fraction of sp³-hybridized carbons (Fsp3) is 0.586. The Morgan fingerprint density at radius 3 is 1.68 bits per heavy atom. The molecule has 0 N–H and O–H groups in total. The predicted molar refractivity (Wildman–Crippen MR) is 146 cm³/mol. The maximum atomic E-state index is 6.69. The van der Waals surface area contributed by atoms with Crippen LogP contribution >= 0.6 is 0 Å². The molecule has 3 nitrogen and oxygen atoms in total. The second kappa shape index (κ2) is 8.25. The number of aryl methyl sites for hydroxylation is 5. The minimum atomic E-state index is -0.390. The van der Waals surface area contributed by atoms with Crippen LogP contribution < -0.4 is 0 Å². The highest BCUT2D eigenvalue weighted by Gasteiger charge is 2.59. The molecule has 2 aromatic rings. The molecule has 0 saturated carbocycles. The molecule has 4 rings (SSSR count). The summed E-state index contributed by atoms with van der Waals surface area (Å²) >= 11 is 0. The minimum Gasteiger partial charge on any atom is -0.390 e. The van der Waals surface area contributed by atoms with Gasteiger partial charge in [-0.1, -0.05) is 41.0 Å². The van der Waals surface area contributed by atoms with Crippen LogP contribution in [0.5, 0.6) is 0 Å². The summed E-state index contributed by atoms with van der Waals surface area (Å²) in [7, 11) is -0.390. The van der Waals surface area contributed by atoms with Gasteiger partial charge in [0, 0.05) is 5.82 Å². The molecule has 0 aromatic heterocycles. The van der Waals surface area contributed by atoms with Crippen molar-refractivity contribution in [1.29, 1.82) is 0 Å². The van der Waals surface area contributed by atoms with Gasteiger partial charge < -0.3 is 14.0 Å². The summed E-state index contributed by atoms with van der Waals surface area (Å²) in [6.45, 7) is 27.0. The predicted octanol–water partition coefficient (Wildman–Crippen LogP) is 6.68. The van der Waals surface area contributed by atoms with Crippen molar-refractivity contribution in [2.24, 2.45) is 0 Å². The first-order chi connectivity index (χ1) is 15.5. The minimum absolute atomic E-state index is 0.137. The molecular weight excluding hydrogens is 417 g/mol. The van der Waals surface area contributed by atoms with E-state index in [-0.39, 0.29) is 36.7 Å². The van der Waals surface area contributed by atoms with Crippen molar-refractivity contribution < 1.29 is 9.31 Å². The maximum absolute atomic E-state index is 6.69. The van der Waals surface area contributed by atoms with E-state index >= 15 is 0 Å². The fourth-order valence-electron chi connectivity index (χ4n) is 6.39. The van der Waals surface area contributed by atoms with Crippen LogP contribution in [0.1, 0.15) is 98.8 Å². The van der Waals surface area contributed by atoms with Gasteiger partial charge in [-0.05, 0) is 123 Å². The fourth-order valence-corrected chi connectivity index (χ4v) is 6.39. The highest BCUT2D eigenvalue weighted by atomic mass is 16.7. The van der Waals surface area contributed by atoms with Crippen molar-refractivity contribution in [2.75, 3.05) is 0 Å². The van der Waals surface area contributed by atoms with Crippen LogP contribution in [0.25, 0.3) is 0 Å². The molecule has 0 amide bonds. The summed E-state index contributed by atoms with van der Waals surface area (Å²) < 4.78 is 15.9. The van der Waals surface area contributed by atoms with E-state index in [2.05, 4.69) is 112 Å².